The SMILES string of the molecule is CN(CCCCOc1ccc(Cl)cc1)C(=O)c1cccc(F)c1. The number of rotatable bonds is 7. The van der Waals surface area contributed by atoms with Crippen molar-refractivity contribution in [2.45, 2.75) is 12.8 Å². The van der Waals surface area contributed by atoms with E-state index in [1.165, 1.54) is 18.2 Å². The van der Waals surface area contributed by atoms with Gasteiger partial charge in [-0.1, -0.05) is 17.7 Å². The Kier molecular flexibility index (Phi) is 6.41. The van der Waals surface area contributed by atoms with Gasteiger partial charge in [0.15, 0.2) is 0 Å². The fraction of sp³-hybridized carbons (Fsp3) is 0.278. The average Bonchev–Trinajstić information content (AvgIpc) is 2.55. The largest absolute Gasteiger partial charge is 0.494 e. The Labute approximate surface area is 140 Å². The molecule has 122 valence electrons. The number of halogens is 2. The molecule has 0 radical (unpaired) electrons. The molecule has 5 heteroatoms. The van der Waals surface area contributed by atoms with Crippen LogP contribution in [-0.4, -0.2) is 31.0 Å². The van der Waals surface area contributed by atoms with Crippen molar-refractivity contribution in [1.29, 1.82) is 0 Å². The van der Waals surface area contributed by atoms with Crippen molar-refractivity contribution >= 4 is 17.5 Å². The molecule has 0 aliphatic heterocycles. The van der Waals surface area contributed by atoms with Crippen molar-refractivity contribution in [2.24, 2.45) is 0 Å². The van der Waals surface area contributed by atoms with Gasteiger partial charge in [-0.15, -0.1) is 0 Å². The Bertz CT molecular complexity index is 646. The summed E-state index contributed by atoms with van der Waals surface area (Å²) in [4.78, 5) is 13.7. The van der Waals surface area contributed by atoms with Crippen LogP contribution in [-0.2, 0) is 0 Å². The lowest BCUT2D eigenvalue weighted by molar-refractivity contribution is 0.0790. The minimum atomic E-state index is -0.402. The lowest BCUT2D eigenvalue weighted by atomic mass is 10.2. The third kappa shape index (κ3) is 5.57. The van der Waals surface area contributed by atoms with Gasteiger partial charge < -0.3 is 9.64 Å². The van der Waals surface area contributed by atoms with Gasteiger partial charge in [0.05, 0.1) is 6.61 Å². The maximum Gasteiger partial charge on any atom is 0.253 e. The smallest absolute Gasteiger partial charge is 0.253 e. The Morgan fingerprint density at radius 3 is 2.61 bits per heavy atom. The van der Waals surface area contributed by atoms with Gasteiger partial charge in [-0.25, -0.2) is 4.39 Å². The van der Waals surface area contributed by atoms with Crippen LogP contribution >= 0.6 is 11.6 Å². The van der Waals surface area contributed by atoms with Gasteiger partial charge in [-0.2, -0.15) is 0 Å². The van der Waals surface area contributed by atoms with Crippen LogP contribution in [0.3, 0.4) is 0 Å². The molecule has 23 heavy (non-hydrogen) atoms. The highest BCUT2D eigenvalue weighted by Gasteiger charge is 2.11. The molecule has 2 aromatic carbocycles. The summed E-state index contributed by atoms with van der Waals surface area (Å²) in [5, 5.41) is 0.676. The number of nitrogens with zero attached hydrogens (tertiary/aromatic N) is 1. The van der Waals surface area contributed by atoms with Gasteiger partial charge in [-0.05, 0) is 55.3 Å². The fourth-order valence-corrected chi connectivity index (χ4v) is 2.24. The summed E-state index contributed by atoms with van der Waals surface area (Å²) >= 11 is 5.80. The first-order valence-electron chi connectivity index (χ1n) is 7.45. The van der Waals surface area contributed by atoms with Gasteiger partial charge in [0.1, 0.15) is 11.6 Å². The molecule has 0 N–H and O–H groups in total. The van der Waals surface area contributed by atoms with Gasteiger partial charge >= 0.3 is 0 Å². The van der Waals surface area contributed by atoms with E-state index < -0.39 is 5.82 Å². The van der Waals surface area contributed by atoms with Gasteiger partial charge in [0.2, 0.25) is 0 Å². The molecule has 0 aromatic heterocycles. The summed E-state index contributed by atoms with van der Waals surface area (Å²) in [6, 6.07) is 12.9. The highest BCUT2D eigenvalue weighted by atomic mass is 35.5. The lowest BCUT2D eigenvalue weighted by Gasteiger charge is -2.17. The molecule has 0 aliphatic rings. The zero-order chi connectivity index (χ0) is 16.7. The van der Waals surface area contributed by atoms with E-state index in [-0.39, 0.29) is 5.91 Å². The molecule has 0 unspecified atom stereocenters. The lowest BCUT2D eigenvalue weighted by Crippen LogP contribution is -2.28. The van der Waals surface area contributed by atoms with Crippen molar-refractivity contribution in [1.82, 2.24) is 4.90 Å². The Morgan fingerprint density at radius 1 is 1.17 bits per heavy atom. The van der Waals surface area contributed by atoms with Crippen LogP contribution in [0.25, 0.3) is 0 Å². The summed E-state index contributed by atoms with van der Waals surface area (Å²) in [6.45, 7) is 1.17. The molecule has 3 nitrogen and oxygen atoms in total. The van der Waals surface area contributed by atoms with E-state index in [1.807, 2.05) is 12.1 Å². The molecule has 1 amide bonds. The molecule has 0 bridgehead atoms. The number of carbonyl (C=O) groups is 1. The third-order valence-corrected chi connectivity index (χ3v) is 3.64. The maximum atomic E-state index is 13.1. The van der Waals surface area contributed by atoms with Crippen molar-refractivity contribution in [2.75, 3.05) is 20.2 Å². The van der Waals surface area contributed by atoms with E-state index >= 15 is 0 Å². The van der Waals surface area contributed by atoms with Crippen LogP contribution in [0.4, 0.5) is 4.39 Å². The number of hydrogen-bond acceptors (Lipinski definition) is 2. The van der Waals surface area contributed by atoms with Crippen LogP contribution in [0.5, 0.6) is 5.75 Å². The van der Waals surface area contributed by atoms with Crippen molar-refractivity contribution in [3.05, 3.63) is 64.9 Å². The van der Waals surface area contributed by atoms with Gasteiger partial charge in [-0.3, -0.25) is 4.79 Å². The number of hydrogen-bond donors (Lipinski definition) is 0. The second-order valence-electron chi connectivity index (χ2n) is 5.25. The normalized spacial score (nSPS) is 10.4. The molecule has 0 fully saturated rings. The molecule has 0 heterocycles. The molecule has 0 saturated heterocycles. The average molecular weight is 336 g/mol. The summed E-state index contributed by atoms with van der Waals surface area (Å²) < 4.78 is 18.7. The van der Waals surface area contributed by atoms with Crippen molar-refractivity contribution < 1.29 is 13.9 Å². The molecule has 0 aliphatic carbocycles. The fourth-order valence-electron chi connectivity index (χ4n) is 2.12. The number of carbonyl (C=O) groups excluding carboxylic acids is 1. The molecule has 2 rings (SSSR count). The van der Waals surface area contributed by atoms with Crippen molar-refractivity contribution in [3.63, 3.8) is 0 Å². The quantitative estimate of drug-likeness (QED) is 0.701. The van der Waals surface area contributed by atoms with Crippen molar-refractivity contribution in [3.8, 4) is 5.75 Å². The summed E-state index contributed by atoms with van der Waals surface area (Å²) in [5.74, 6) is 0.197. The number of unbranched alkanes of at least 4 members (excludes halogenated alkanes) is 1. The molecule has 0 spiro atoms. The van der Waals surface area contributed by atoms with Crippen LogP contribution in [0.2, 0.25) is 5.02 Å². The minimum absolute atomic E-state index is 0.178. The van der Waals surface area contributed by atoms with E-state index in [0.717, 1.165) is 18.6 Å². The molecule has 0 saturated carbocycles. The highest BCUT2D eigenvalue weighted by Crippen LogP contribution is 2.15. The molecule has 0 atom stereocenters. The Morgan fingerprint density at radius 2 is 1.91 bits per heavy atom. The highest BCUT2D eigenvalue weighted by molar-refractivity contribution is 6.30. The van der Waals surface area contributed by atoms with E-state index in [4.69, 9.17) is 16.3 Å². The van der Waals surface area contributed by atoms with E-state index in [1.54, 1.807) is 30.1 Å². The predicted molar refractivity (Wildman–Crippen MR) is 89.5 cm³/mol. The first-order valence-corrected chi connectivity index (χ1v) is 7.83. The second kappa shape index (κ2) is 8.53. The predicted octanol–water partition coefficient (Wildman–Crippen LogP) is 4.41. The second-order valence-corrected chi connectivity index (χ2v) is 5.68. The Hall–Kier alpha value is -2.07. The van der Waals surface area contributed by atoms with Gasteiger partial charge in [0.25, 0.3) is 5.91 Å². The minimum Gasteiger partial charge on any atom is -0.494 e. The number of ether oxygens (including phenoxy) is 1. The zero-order valence-electron chi connectivity index (χ0n) is 13.0. The van der Waals surface area contributed by atoms with Crippen LogP contribution in [0, 0.1) is 5.82 Å². The first-order chi connectivity index (χ1) is 11.1. The number of amides is 1. The molecular weight excluding hydrogens is 317 g/mol. The topological polar surface area (TPSA) is 29.5 Å². The summed E-state index contributed by atoms with van der Waals surface area (Å²) in [5.41, 5.74) is 0.366. The van der Waals surface area contributed by atoms with E-state index in [2.05, 4.69) is 0 Å². The van der Waals surface area contributed by atoms with Crippen LogP contribution < -0.4 is 4.74 Å². The maximum absolute atomic E-state index is 13.1. The summed E-state index contributed by atoms with van der Waals surface area (Å²) in [7, 11) is 1.72. The molecule has 2 aromatic rings. The standard InChI is InChI=1S/C18H19ClFNO2/c1-21(18(22)14-5-4-6-16(20)13-14)11-2-3-12-23-17-9-7-15(19)8-10-17/h4-10,13H,2-3,11-12H2,1H3. The number of benzene rings is 2. The molecular formula is C18H19ClFNO2. The van der Waals surface area contributed by atoms with E-state index in [9.17, 15) is 9.18 Å². The Balaban J connectivity index is 1.69. The third-order valence-electron chi connectivity index (χ3n) is 3.39. The summed E-state index contributed by atoms with van der Waals surface area (Å²) in [6.07, 6.45) is 1.63. The first kappa shape index (κ1) is 17.3. The van der Waals surface area contributed by atoms with E-state index in [0.29, 0.717) is 23.7 Å². The monoisotopic (exact) mass is 335 g/mol. The van der Waals surface area contributed by atoms with Crippen LogP contribution in [0.15, 0.2) is 48.5 Å². The van der Waals surface area contributed by atoms with Crippen LogP contribution in [0.1, 0.15) is 23.2 Å². The van der Waals surface area contributed by atoms with Gasteiger partial charge in [0, 0.05) is 24.2 Å². The zero-order valence-corrected chi connectivity index (χ0v) is 13.7.